The molecule has 7 rings (SSSR count). The molecule has 0 spiro atoms. The lowest BCUT2D eigenvalue weighted by Crippen LogP contribution is -2.51. The summed E-state index contributed by atoms with van der Waals surface area (Å²) in [5.74, 6) is 2.74. The molecule has 0 atom stereocenters. The van der Waals surface area contributed by atoms with Crippen molar-refractivity contribution >= 4 is 33.8 Å². The zero-order chi connectivity index (χ0) is 27.1. The van der Waals surface area contributed by atoms with Gasteiger partial charge in [0, 0.05) is 68.0 Å². The maximum atomic E-state index is 12.3. The Morgan fingerprint density at radius 1 is 0.975 bits per heavy atom. The van der Waals surface area contributed by atoms with E-state index in [2.05, 4.69) is 44.5 Å². The molecular weight excluding hydrogens is 508 g/mol. The van der Waals surface area contributed by atoms with Crippen LogP contribution in [0.15, 0.2) is 30.5 Å². The summed E-state index contributed by atoms with van der Waals surface area (Å²) in [4.78, 5) is 37.9. The van der Waals surface area contributed by atoms with Gasteiger partial charge in [0.15, 0.2) is 22.8 Å². The summed E-state index contributed by atoms with van der Waals surface area (Å²) in [5, 5.41) is 1.11. The van der Waals surface area contributed by atoms with Gasteiger partial charge in [-0.25, -0.2) is 15.0 Å². The van der Waals surface area contributed by atoms with Crippen molar-refractivity contribution in [3.63, 3.8) is 0 Å². The number of benzene rings is 1. The number of carbonyl (C=O) groups excluding carboxylic acids is 1. The molecule has 11 heteroatoms. The predicted molar refractivity (Wildman–Crippen MR) is 152 cm³/mol. The number of ether oxygens (including phenoxy) is 2. The van der Waals surface area contributed by atoms with Crippen LogP contribution in [0.4, 0.5) is 5.82 Å². The highest BCUT2D eigenvalue weighted by Gasteiger charge is 2.31. The minimum absolute atomic E-state index is 0.123. The van der Waals surface area contributed by atoms with E-state index in [1.54, 1.807) is 0 Å². The van der Waals surface area contributed by atoms with E-state index in [9.17, 15) is 4.79 Å². The SMILES string of the molecule is CCn1c(CN2CCC(N3CCOCC3=O)CC2)nc2c(N3CCOCC3)nc(-c3cccc4[nH]ccc34)nc21. The van der Waals surface area contributed by atoms with Crippen molar-refractivity contribution < 1.29 is 14.3 Å². The minimum Gasteiger partial charge on any atom is -0.378 e. The van der Waals surface area contributed by atoms with Crippen LogP contribution < -0.4 is 4.90 Å². The standard InChI is InChI=1S/C29H36N8O3/c1-2-36-24(18-34-10-7-20(8-11-34)37-14-17-40-19-25(37)38)31-26-28(35-12-15-39-16-13-35)32-27(33-29(26)36)22-4-3-5-23-21(22)6-9-30-23/h3-6,9,20,30H,2,7-8,10-19H2,1H3. The second-order valence-electron chi connectivity index (χ2n) is 10.8. The van der Waals surface area contributed by atoms with E-state index in [0.29, 0.717) is 32.4 Å². The average molecular weight is 545 g/mol. The second kappa shape index (κ2) is 10.8. The normalized spacial score (nSPS) is 19.8. The number of hydrogen-bond donors (Lipinski definition) is 1. The van der Waals surface area contributed by atoms with Crippen LogP contribution in [0.3, 0.4) is 0 Å². The Morgan fingerprint density at radius 3 is 2.60 bits per heavy atom. The lowest BCUT2D eigenvalue weighted by Gasteiger charge is -2.40. The molecule has 3 saturated heterocycles. The van der Waals surface area contributed by atoms with Gasteiger partial charge in [-0.05, 0) is 31.9 Å². The molecule has 0 bridgehead atoms. The lowest BCUT2D eigenvalue weighted by atomic mass is 10.0. The number of aromatic amines is 1. The summed E-state index contributed by atoms with van der Waals surface area (Å²) in [7, 11) is 0. The Labute approximate surface area is 233 Å². The third-order valence-corrected chi connectivity index (χ3v) is 8.50. The number of H-pyrrole nitrogens is 1. The number of amides is 1. The van der Waals surface area contributed by atoms with Crippen molar-refractivity contribution in [3.8, 4) is 11.4 Å². The van der Waals surface area contributed by atoms with E-state index in [4.69, 9.17) is 24.4 Å². The van der Waals surface area contributed by atoms with Crippen molar-refractivity contribution in [1.82, 2.24) is 34.3 Å². The number of aromatic nitrogens is 5. The van der Waals surface area contributed by atoms with Gasteiger partial charge >= 0.3 is 0 Å². The molecule has 3 aliphatic rings. The zero-order valence-corrected chi connectivity index (χ0v) is 23.0. The van der Waals surface area contributed by atoms with Gasteiger partial charge in [-0.3, -0.25) is 9.69 Å². The van der Waals surface area contributed by atoms with E-state index < -0.39 is 0 Å². The molecule has 4 aromatic rings. The molecule has 0 saturated carbocycles. The van der Waals surface area contributed by atoms with E-state index in [-0.39, 0.29) is 12.5 Å². The van der Waals surface area contributed by atoms with Gasteiger partial charge in [-0.2, -0.15) is 0 Å². The number of anilines is 1. The number of likely N-dealkylation sites (tertiary alicyclic amines) is 1. The highest BCUT2D eigenvalue weighted by molar-refractivity contribution is 5.95. The van der Waals surface area contributed by atoms with Gasteiger partial charge in [-0.1, -0.05) is 12.1 Å². The van der Waals surface area contributed by atoms with Gasteiger partial charge in [0.2, 0.25) is 5.91 Å². The number of piperidine rings is 1. The van der Waals surface area contributed by atoms with Crippen LogP contribution in [0.25, 0.3) is 33.5 Å². The molecule has 1 aromatic carbocycles. The fourth-order valence-corrected chi connectivity index (χ4v) is 6.39. The van der Waals surface area contributed by atoms with Crippen molar-refractivity contribution in [3.05, 3.63) is 36.3 Å². The fourth-order valence-electron chi connectivity index (χ4n) is 6.39. The Hall–Kier alpha value is -3.54. The quantitative estimate of drug-likeness (QED) is 0.395. The number of imidazole rings is 1. The molecule has 0 unspecified atom stereocenters. The molecule has 11 nitrogen and oxygen atoms in total. The molecule has 210 valence electrons. The first-order valence-corrected chi connectivity index (χ1v) is 14.5. The molecule has 0 radical (unpaired) electrons. The molecule has 1 N–H and O–H groups in total. The first-order valence-electron chi connectivity index (χ1n) is 14.5. The van der Waals surface area contributed by atoms with Gasteiger partial charge in [0.05, 0.1) is 26.4 Å². The molecule has 3 fully saturated rings. The fraction of sp³-hybridized carbons (Fsp3) is 0.517. The molecule has 3 aliphatic heterocycles. The van der Waals surface area contributed by atoms with E-state index >= 15 is 0 Å². The summed E-state index contributed by atoms with van der Waals surface area (Å²) in [5.41, 5.74) is 3.82. The van der Waals surface area contributed by atoms with E-state index in [1.807, 2.05) is 17.2 Å². The van der Waals surface area contributed by atoms with Crippen molar-refractivity contribution in [2.24, 2.45) is 0 Å². The van der Waals surface area contributed by atoms with Gasteiger partial charge < -0.3 is 28.8 Å². The van der Waals surface area contributed by atoms with Crippen LogP contribution in [-0.2, 0) is 27.4 Å². The Kier molecular flexibility index (Phi) is 6.86. The summed E-state index contributed by atoms with van der Waals surface area (Å²) in [6.45, 7) is 10.0. The molecule has 6 heterocycles. The maximum absolute atomic E-state index is 12.3. The Bertz CT molecular complexity index is 1520. The number of morpholine rings is 2. The van der Waals surface area contributed by atoms with Crippen LogP contribution in [-0.4, -0.2) is 105 Å². The second-order valence-corrected chi connectivity index (χ2v) is 10.8. The number of nitrogens with one attached hydrogen (secondary N) is 1. The maximum Gasteiger partial charge on any atom is 0.248 e. The van der Waals surface area contributed by atoms with Gasteiger partial charge in [0.1, 0.15) is 12.4 Å². The van der Waals surface area contributed by atoms with Crippen molar-refractivity contribution in [1.29, 1.82) is 0 Å². The number of rotatable bonds is 6. The minimum atomic E-state index is 0.123. The highest BCUT2D eigenvalue weighted by atomic mass is 16.5. The van der Waals surface area contributed by atoms with E-state index in [0.717, 1.165) is 97.2 Å². The number of aryl methyl sites for hydroxylation is 1. The van der Waals surface area contributed by atoms with Crippen LogP contribution >= 0.6 is 0 Å². The van der Waals surface area contributed by atoms with Crippen LogP contribution in [0.2, 0.25) is 0 Å². The molecule has 1 amide bonds. The third kappa shape index (κ3) is 4.61. The third-order valence-electron chi connectivity index (χ3n) is 8.50. The topological polar surface area (TPSA) is 105 Å². The summed E-state index contributed by atoms with van der Waals surface area (Å²) in [6.07, 6.45) is 3.91. The number of fused-ring (bicyclic) bond motifs is 2. The molecular formula is C29H36N8O3. The molecule has 0 aliphatic carbocycles. The first kappa shape index (κ1) is 25.4. The molecule has 3 aromatic heterocycles. The van der Waals surface area contributed by atoms with Gasteiger partial charge in [-0.15, -0.1) is 0 Å². The van der Waals surface area contributed by atoms with Crippen molar-refractivity contribution in [2.45, 2.75) is 38.9 Å². The number of hydrogen-bond acceptors (Lipinski definition) is 8. The summed E-state index contributed by atoms with van der Waals surface area (Å²) < 4.78 is 13.2. The van der Waals surface area contributed by atoms with Gasteiger partial charge in [0.25, 0.3) is 0 Å². The largest absolute Gasteiger partial charge is 0.378 e. The monoisotopic (exact) mass is 544 g/mol. The molecule has 40 heavy (non-hydrogen) atoms. The predicted octanol–water partition coefficient (Wildman–Crippen LogP) is 2.65. The van der Waals surface area contributed by atoms with Crippen LogP contribution in [0.1, 0.15) is 25.6 Å². The van der Waals surface area contributed by atoms with E-state index in [1.165, 1.54) is 0 Å². The van der Waals surface area contributed by atoms with Crippen LogP contribution in [0.5, 0.6) is 0 Å². The highest BCUT2D eigenvalue weighted by Crippen LogP contribution is 2.32. The summed E-state index contributed by atoms with van der Waals surface area (Å²) >= 11 is 0. The zero-order valence-electron chi connectivity index (χ0n) is 23.0. The Balaban J connectivity index is 1.22. The van der Waals surface area contributed by atoms with Crippen molar-refractivity contribution in [2.75, 3.05) is 64.1 Å². The first-order chi connectivity index (χ1) is 19.7. The number of nitrogens with zero attached hydrogens (tertiary/aromatic N) is 7. The lowest BCUT2D eigenvalue weighted by molar-refractivity contribution is -0.146. The smallest absolute Gasteiger partial charge is 0.248 e. The summed E-state index contributed by atoms with van der Waals surface area (Å²) in [6, 6.07) is 8.61. The van der Waals surface area contributed by atoms with Crippen LogP contribution in [0, 0.1) is 0 Å². The Morgan fingerprint density at radius 2 is 1.80 bits per heavy atom. The average Bonchev–Trinajstić information content (AvgIpc) is 3.62. The number of carbonyl (C=O) groups is 1.